The number of likely N-dealkylation sites (N-methyl/N-ethyl adjacent to an activating group) is 2. The van der Waals surface area contributed by atoms with Crippen molar-refractivity contribution in [1.82, 2.24) is 15.5 Å². The predicted molar refractivity (Wildman–Crippen MR) is 159 cm³/mol. The molecule has 1 amide bonds. The van der Waals surface area contributed by atoms with Gasteiger partial charge in [0.2, 0.25) is 5.91 Å². The zero-order chi connectivity index (χ0) is 31.0. The van der Waals surface area contributed by atoms with Crippen LogP contribution >= 0.6 is 0 Å². The molecule has 0 aromatic rings. The molecule has 0 saturated carbocycles. The van der Waals surface area contributed by atoms with Crippen LogP contribution in [0.15, 0.2) is 12.2 Å². The van der Waals surface area contributed by atoms with Crippen LogP contribution in [0.1, 0.15) is 92.9 Å². The highest BCUT2D eigenvalue weighted by Crippen LogP contribution is 2.23. The Balaban J connectivity index is 4.95. The Labute approximate surface area is 243 Å². The van der Waals surface area contributed by atoms with Gasteiger partial charge >= 0.3 is 10.4 Å². The van der Waals surface area contributed by atoms with Crippen molar-refractivity contribution in [3.05, 3.63) is 12.2 Å². The van der Waals surface area contributed by atoms with E-state index in [9.17, 15) is 27.4 Å². The van der Waals surface area contributed by atoms with Gasteiger partial charge in [0.15, 0.2) is 11.6 Å². The van der Waals surface area contributed by atoms with Crippen LogP contribution in [0.5, 0.6) is 0 Å². The van der Waals surface area contributed by atoms with E-state index in [1.54, 1.807) is 33.0 Å². The maximum absolute atomic E-state index is 13.1. The van der Waals surface area contributed by atoms with Crippen LogP contribution in [-0.4, -0.2) is 80.7 Å². The van der Waals surface area contributed by atoms with E-state index in [0.29, 0.717) is 38.0 Å². The average molecular weight is 590 g/mol. The third-order valence-electron chi connectivity index (χ3n) is 7.01. The lowest BCUT2D eigenvalue weighted by Crippen LogP contribution is -2.51. The second-order valence-corrected chi connectivity index (χ2v) is 12.8. The Hall–Kier alpha value is -1.66. The predicted octanol–water partition coefficient (Wildman–Crippen LogP) is 3.96. The summed E-state index contributed by atoms with van der Waals surface area (Å²) in [6.45, 7) is 11.6. The molecule has 0 aliphatic carbocycles. The van der Waals surface area contributed by atoms with Crippen molar-refractivity contribution in [2.24, 2.45) is 17.8 Å². The molecule has 11 heteroatoms. The first kappa shape index (κ1) is 38.3. The summed E-state index contributed by atoms with van der Waals surface area (Å²) in [4.78, 5) is 40.4. The Morgan fingerprint density at radius 1 is 0.950 bits per heavy atom. The summed E-state index contributed by atoms with van der Waals surface area (Å²) in [5.41, 5.74) is 0. The number of nitrogens with zero attached hydrogens (tertiary/aromatic N) is 1. The number of unbranched alkanes of at least 4 members (excludes halogenated alkanes) is 3. The third-order valence-corrected chi connectivity index (χ3v) is 7.48. The molecular formula is C29H55N3O7S. The van der Waals surface area contributed by atoms with E-state index >= 15 is 0 Å². The zero-order valence-corrected chi connectivity index (χ0v) is 26.9. The topological polar surface area (TPSA) is 142 Å². The molecule has 234 valence electrons. The summed E-state index contributed by atoms with van der Waals surface area (Å²) < 4.78 is 37.4. The van der Waals surface area contributed by atoms with E-state index in [2.05, 4.69) is 10.6 Å². The maximum Gasteiger partial charge on any atom is 0.397 e. The number of ketones is 2. The van der Waals surface area contributed by atoms with Crippen molar-refractivity contribution >= 4 is 27.9 Å². The molecule has 0 bridgehead atoms. The molecule has 5 atom stereocenters. The SMILES string of the molecule is C/C=C/C[C@@H](C)C(OS(=O)(=O)O)C(C(=O)CCCCCCC(=O)[C@@H](NC(=O)[C@H](CC(C)C)NC)C(C)C)N(C)C. The monoisotopic (exact) mass is 589 g/mol. The molecule has 0 rings (SSSR count). The van der Waals surface area contributed by atoms with Crippen molar-refractivity contribution in [2.45, 2.75) is 117 Å². The van der Waals surface area contributed by atoms with Gasteiger partial charge in [-0.15, -0.1) is 0 Å². The number of carbonyl (C=O) groups is 3. The first-order chi connectivity index (χ1) is 18.5. The number of nitrogens with one attached hydrogen (secondary N) is 2. The molecule has 2 unspecified atom stereocenters. The average Bonchev–Trinajstić information content (AvgIpc) is 2.84. The summed E-state index contributed by atoms with van der Waals surface area (Å²) in [6, 6.07) is -1.72. The fourth-order valence-electron chi connectivity index (χ4n) is 4.80. The van der Waals surface area contributed by atoms with Crippen molar-refractivity contribution in [1.29, 1.82) is 0 Å². The van der Waals surface area contributed by atoms with Crippen LogP contribution in [0.2, 0.25) is 0 Å². The first-order valence-electron chi connectivity index (χ1n) is 14.5. The van der Waals surface area contributed by atoms with Gasteiger partial charge in [0.1, 0.15) is 6.10 Å². The fourth-order valence-corrected chi connectivity index (χ4v) is 5.38. The second-order valence-electron chi connectivity index (χ2n) is 11.7. The molecule has 0 heterocycles. The van der Waals surface area contributed by atoms with E-state index < -0.39 is 28.6 Å². The standard InChI is InChI=1S/C29H55N3O7S/c1-10-11-16-22(6)28(39-40(36,37)38)27(32(8)9)25(34)18-15-13-12-14-17-24(33)26(21(4)5)31-29(35)23(30-7)19-20(2)3/h10-11,20-23,26-28,30H,12-19H2,1-9H3,(H,31,35)(H,36,37,38)/b11-10+/t22-,23+,26+,27?,28?/m1/s1. The number of hydrogen-bond donors (Lipinski definition) is 3. The van der Waals surface area contributed by atoms with Gasteiger partial charge in [-0.25, -0.2) is 4.18 Å². The van der Waals surface area contributed by atoms with Gasteiger partial charge in [0.25, 0.3) is 0 Å². The fraction of sp³-hybridized carbons (Fsp3) is 0.828. The van der Waals surface area contributed by atoms with Gasteiger partial charge in [0.05, 0.1) is 18.1 Å². The summed E-state index contributed by atoms with van der Waals surface area (Å²) >= 11 is 0. The third kappa shape index (κ3) is 15.4. The number of amides is 1. The van der Waals surface area contributed by atoms with Gasteiger partial charge in [-0.1, -0.05) is 59.6 Å². The lowest BCUT2D eigenvalue weighted by Gasteiger charge is -2.33. The van der Waals surface area contributed by atoms with Gasteiger partial charge in [-0.05, 0) is 71.5 Å². The number of rotatable bonds is 22. The molecule has 0 fully saturated rings. The molecule has 0 saturated heterocycles. The molecular weight excluding hydrogens is 534 g/mol. The Kier molecular flexibility index (Phi) is 18.7. The number of Topliss-reactive ketones (excluding diaryl/α,β-unsaturated/α-hetero) is 2. The quantitative estimate of drug-likeness (QED) is 0.0971. The number of allylic oxidation sites excluding steroid dienone is 2. The largest absolute Gasteiger partial charge is 0.397 e. The van der Waals surface area contributed by atoms with Crippen molar-refractivity contribution in [3.63, 3.8) is 0 Å². The van der Waals surface area contributed by atoms with Crippen LogP contribution in [0, 0.1) is 17.8 Å². The van der Waals surface area contributed by atoms with Crippen LogP contribution < -0.4 is 10.6 Å². The van der Waals surface area contributed by atoms with Crippen molar-refractivity contribution in [2.75, 3.05) is 21.1 Å². The maximum atomic E-state index is 13.1. The van der Waals surface area contributed by atoms with Crippen LogP contribution in [0.25, 0.3) is 0 Å². The summed E-state index contributed by atoms with van der Waals surface area (Å²) in [7, 11) is 0.369. The highest BCUT2D eigenvalue weighted by atomic mass is 32.3. The molecule has 0 aliphatic rings. The minimum Gasteiger partial charge on any atom is -0.345 e. The van der Waals surface area contributed by atoms with Crippen LogP contribution in [0.3, 0.4) is 0 Å². The normalized spacial score (nSPS) is 16.3. The second kappa shape index (κ2) is 19.5. The summed E-state index contributed by atoms with van der Waals surface area (Å²) in [5, 5.41) is 5.97. The Morgan fingerprint density at radius 3 is 1.93 bits per heavy atom. The highest BCUT2D eigenvalue weighted by molar-refractivity contribution is 7.80. The zero-order valence-electron chi connectivity index (χ0n) is 26.1. The smallest absolute Gasteiger partial charge is 0.345 e. The molecule has 0 aromatic heterocycles. The minimum absolute atomic E-state index is 0.00631. The van der Waals surface area contributed by atoms with Crippen LogP contribution in [0.4, 0.5) is 0 Å². The molecule has 0 spiro atoms. The van der Waals surface area contributed by atoms with E-state index in [0.717, 1.165) is 12.8 Å². The van der Waals surface area contributed by atoms with E-state index in [4.69, 9.17) is 4.18 Å². The highest BCUT2D eigenvalue weighted by Gasteiger charge is 2.37. The van der Waals surface area contributed by atoms with E-state index in [-0.39, 0.29) is 41.8 Å². The van der Waals surface area contributed by atoms with Crippen molar-refractivity contribution in [3.8, 4) is 0 Å². The summed E-state index contributed by atoms with van der Waals surface area (Å²) in [6.07, 6.45) is 7.14. The van der Waals surface area contributed by atoms with Crippen molar-refractivity contribution < 1.29 is 31.5 Å². The van der Waals surface area contributed by atoms with E-state index in [1.807, 2.05) is 46.8 Å². The van der Waals surface area contributed by atoms with Gasteiger partial charge < -0.3 is 10.6 Å². The molecule has 0 radical (unpaired) electrons. The molecule has 10 nitrogen and oxygen atoms in total. The first-order valence-corrected chi connectivity index (χ1v) is 15.9. The Bertz CT molecular complexity index is 903. The summed E-state index contributed by atoms with van der Waals surface area (Å²) in [5.74, 6) is -0.324. The van der Waals surface area contributed by atoms with E-state index in [1.165, 1.54) is 0 Å². The van der Waals surface area contributed by atoms with Gasteiger partial charge in [-0.3, -0.25) is 23.8 Å². The number of carbonyl (C=O) groups excluding carboxylic acids is 3. The lowest BCUT2D eigenvalue weighted by atomic mass is 9.89. The molecule has 3 N–H and O–H groups in total. The molecule has 0 aliphatic heterocycles. The minimum atomic E-state index is -4.74. The van der Waals surface area contributed by atoms with Crippen LogP contribution in [-0.2, 0) is 29.0 Å². The lowest BCUT2D eigenvalue weighted by molar-refractivity contribution is -0.130. The van der Waals surface area contributed by atoms with Gasteiger partial charge in [-0.2, -0.15) is 8.42 Å². The number of hydrogen-bond acceptors (Lipinski definition) is 8. The molecule has 0 aromatic carbocycles. The molecule has 40 heavy (non-hydrogen) atoms. The van der Waals surface area contributed by atoms with Gasteiger partial charge in [0, 0.05) is 12.8 Å². The Morgan fingerprint density at radius 2 is 1.50 bits per heavy atom.